The molecule has 0 spiro atoms. The Balaban J connectivity index is 1.85. The first-order chi connectivity index (χ1) is 10.7. The van der Waals surface area contributed by atoms with Crippen LogP contribution in [-0.4, -0.2) is 30.4 Å². The summed E-state index contributed by atoms with van der Waals surface area (Å²) in [7, 11) is 0. The molecular weight excluding hydrogens is 299 g/mol. The van der Waals surface area contributed by atoms with Crippen molar-refractivity contribution in [2.24, 2.45) is 0 Å². The Bertz CT molecular complexity index is 644. The van der Waals surface area contributed by atoms with Crippen molar-refractivity contribution >= 4 is 17.2 Å². The van der Waals surface area contributed by atoms with Crippen LogP contribution < -0.4 is 5.32 Å². The van der Waals surface area contributed by atoms with Crippen LogP contribution in [0.3, 0.4) is 0 Å². The van der Waals surface area contributed by atoms with Crippen molar-refractivity contribution < 1.29 is 9.18 Å². The summed E-state index contributed by atoms with van der Waals surface area (Å²) in [5.41, 5.74) is 0.846. The molecule has 0 saturated carbocycles. The lowest BCUT2D eigenvalue weighted by atomic mass is 10.00. The number of thiophene rings is 1. The molecule has 5 heteroatoms. The van der Waals surface area contributed by atoms with E-state index >= 15 is 0 Å². The van der Waals surface area contributed by atoms with Gasteiger partial charge < -0.3 is 10.2 Å². The number of benzene rings is 1. The molecule has 1 N–H and O–H groups in total. The standard InChI is InChI=1S/C17H19FN2OS/c1-12(16-6-3-9-22-16)17(21)20-8-7-19-11-15(20)13-4-2-5-14(18)10-13/h2-6,9-10,12,15,19H,7-8,11H2,1H3. The average molecular weight is 318 g/mol. The van der Waals surface area contributed by atoms with Crippen molar-refractivity contribution in [1.29, 1.82) is 0 Å². The van der Waals surface area contributed by atoms with E-state index in [1.54, 1.807) is 17.4 Å². The fourth-order valence-corrected chi connectivity index (χ4v) is 3.66. The molecule has 1 aromatic carbocycles. The highest BCUT2D eigenvalue weighted by Gasteiger charge is 2.31. The van der Waals surface area contributed by atoms with E-state index in [1.165, 1.54) is 12.1 Å². The Morgan fingerprint density at radius 3 is 3.00 bits per heavy atom. The van der Waals surface area contributed by atoms with Crippen LogP contribution in [0.15, 0.2) is 41.8 Å². The number of amides is 1. The molecule has 1 saturated heterocycles. The van der Waals surface area contributed by atoms with E-state index in [1.807, 2.05) is 35.4 Å². The zero-order valence-corrected chi connectivity index (χ0v) is 13.3. The van der Waals surface area contributed by atoms with Gasteiger partial charge in [-0.3, -0.25) is 4.79 Å². The number of rotatable bonds is 3. The van der Waals surface area contributed by atoms with Gasteiger partial charge in [0.15, 0.2) is 0 Å². The van der Waals surface area contributed by atoms with Gasteiger partial charge in [0.25, 0.3) is 0 Å². The fourth-order valence-electron chi connectivity index (χ4n) is 2.89. The SMILES string of the molecule is CC(C(=O)N1CCNCC1c1cccc(F)c1)c1cccs1. The zero-order valence-electron chi connectivity index (χ0n) is 12.5. The van der Waals surface area contributed by atoms with Gasteiger partial charge in [0.05, 0.1) is 12.0 Å². The van der Waals surface area contributed by atoms with Crippen molar-refractivity contribution in [2.75, 3.05) is 19.6 Å². The number of carbonyl (C=O) groups excluding carboxylic acids is 1. The zero-order chi connectivity index (χ0) is 15.5. The number of hydrogen-bond donors (Lipinski definition) is 1. The summed E-state index contributed by atoms with van der Waals surface area (Å²) in [6, 6.07) is 10.4. The van der Waals surface area contributed by atoms with Gasteiger partial charge in [-0.1, -0.05) is 18.2 Å². The largest absolute Gasteiger partial charge is 0.333 e. The van der Waals surface area contributed by atoms with Crippen LogP contribution >= 0.6 is 11.3 Å². The number of nitrogens with one attached hydrogen (secondary N) is 1. The maximum atomic E-state index is 13.5. The van der Waals surface area contributed by atoms with Crippen LogP contribution in [-0.2, 0) is 4.79 Å². The highest BCUT2D eigenvalue weighted by Crippen LogP contribution is 2.29. The lowest BCUT2D eigenvalue weighted by Gasteiger charge is -2.38. The minimum absolute atomic E-state index is 0.109. The Morgan fingerprint density at radius 2 is 2.27 bits per heavy atom. The molecule has 1 fully saturated rings. The third-order valence-corrected chi connectivity index (χ3v) is 5.16. The second-order valence-electron chi connectivity index (χ2n) is 5.54. The van der Waals surface area contributed by atoms with Gasteiger partial charge in [0.1, 0.15) is 5.82 Å². The number of piperazine rings is 1. The van der Waals surface area contributed by atoms with Crippen LogP contribution in [0.25, 0.3) is 0 Å². The number of hydrogen-bond acceptors (Lipinski definition) is 3. The molecule has 1 aliphatic rings. The first-order valence-corrected chi connectivity index (χ1v) is 8.35. The quantitative estimate of drug-likeness (QED) is 0.943. The minimum Gasteiger partial charge on any atom is -0.333 e. The van der Waals surface area contributed by atoms with Crippen molar-refractivity contribution in [2.45, 2.75) is 18.9 Å². The van der Waals surface area contributed by atoms with Gasteiger partial charge in [0.2, 0.25) is 5.91 Å². The lowest BCUT2D eigenvalue weighted by Crippen LogP contribution is -2.49. The molecule has 3 rings (SSSR count). The van der Waals surface area contributed by atoms with E-state index in [4.69, 9.17) is 0 Å². The second kappa shape index (κ2) is 6.58. The van der Waals surface area contributed by atoms with E-state index in [-0.39, 0.29) is 23.7 Å². The van der Waals surface area contributed by atoms with Gasteiger partial charge in [-0.05, 0) is 36.1 Å². The second-order valence-corrected chi connectivity index (χ2v) is 6.52. The van der Waals surface area contributed by atoms with E-state index < -0.39 is 0 Å². The maximum Gasteiger partial charge on any atom is 0.231 e. The summed E-state index contributed by atoms with van der Waals surface area (Å²) in [6.07, 6.45) is 0. The van der Waals surface area contributed by atoms with Crippen LogP contribution in [0.2, 0.25) is 0 Å². The van der Waals surface area contributed by atoms with Gasteiger partial charge in [0, 0.05) is 24.5 Å². The van der Waals surface area contributed by atoms with E-state index in [2.05, 4.69) is 5.32 Å². The van der Waals surface area contributed by atoms with Crippen LogP contribution in [0.1, 0.15) is 29.3 Å². The summed E-state index contributed by atoms with van der Waals surface area (Å²) >= 11 is 1.60. The van der Waals surface area contributed by atoms with Crippen molar-refractivity contribution in [1.82, 2.24) is 10.2 Å². The molecule has 1 aromatic heterocycles. The Hall–Kier alpha value is -1.72. The third-order valence-electron chi connectivity index (χ3n) is 4.10. The maximum absolute atomic E-state index is 13.5. The molecule has 0 bridgehead atoms. The number of nitrogens with zero attached hydrogens (tertiary/aromatic N) is 1. The van der Waals surface area contributed by atoms with Crippen LogP contribution in [0.4, 0.5) is 4.39 Å². The molecular formula is C17H19FN2OS. The Morgan fingerprint density at radius 1 is 1.41 bits per heavy atom. The minimum atomic E-state index is -0.262. The summed E-state index contributed by atoms with van der Waals surface area (Å²) in [6.45, 7) is 4.02. The summed E-state index contributed by atoms with van der Waals surface area (Å²) in [5, 5.41) is 5.28. The Kier molecular flexibility index (Phi) is 4.55. The highest BCUT2D eigenvalue weighted by molar-refractivity contribution is 7.10. The predicted octanol–water partition coefficient (Wildman–Crippen LogP) is 3.16. The summed E-state index contributed by atoms with van der Waals surface area (Å²) < 4.78 is 13.5. The third kappa shape index (κ3) is 3.05. The molecule has 116 valence electrons. The van der Waals surface area contributed by atoms with Gasteiger partial charge in [-0.2, -0.15) is 0 Å². The van der Waals surface area contributed by atoms with Gasteiger partial charge in [-0.25, -0.2) is 4.39 Å². The molecule has 2 aromatic rings. The van der Waals surface area contributed by atoms with Crippen LogP contribution in [0.5, 0.6) is 0 Å². The number of halogens is 1. The van der Waals surface area contributed by atoms with Gasteiger partial charge in [-0.15, -0.1) is 11.3 Å². The smallest absolute Gasteiger partial charge is 0.231 e. The van der Waals surface area contributed by atoms with E-state index in [0.717, 1.165) is 17.0 Å². The molecule has 2 unspecified atom stereocenters. The van der Waals surface area contributed by atoms with Crippen LogP contribution in [0, 0.1) is 5.82 Å². The van der Waals surface area contributed by atoms with Crippen molar-refractivity contribution in [3.05, 3.63) is 58.0 Å². The lowest BCUT2D eigenvalue weighted by molar-refractivity contribution is -0.135. The molecule has 2 atom stereocenters. The Labute approximate surface area is 133 Å². The average Bonchev–Trinajstić information content (AvgIpc) is 3.08. The van der Waals surface area contributed by atoms with E-state index in [0.29, 0.717) is 13.1 Å². The summed E-state index contributed by atoms with van der Waals surface area (Å²) in [4.78, 5) is 15.8. The van der Waals surface area contributed by atoms with Gasteiger partial charge >= 0.3 is 0 Å². The first-order valence-electron chi connectivity index (χ1n) is 7.47. The topological polar surface area (TPSA) is 32.3 Å². The predicted molar refractivity (Wildman–Crippen MR) is 86.5 cm³/mol. The molecule has 1 amide bonds. The van der Waals surface area contributed by atoms with Crippen molar-refractivity contribution in [3.63, 3.8) is 0 Å². The summed E-state index contributed by atoms with van der Waals surface area (Å²) in [5.74, 6) is -0.311. The number of carbonyl (C=O) groups is 1. The molecule has 0 radical (unpaired) electrons. The molecule has 3 nitrogen and oxygen atoms in total. The highest BCUT2D eigenvalue weighted by atomic mass is 32.1. The normalized spacial score (nSPS) is 19.9. The molecule has 2 heterocycles. The van der Waals surface area contributed by atoms with Crippen molar-refractivity contribution in [3.8, 4) is 0 Å². The molecule has 0 aliphatic carbocycles. The van der Waals surface area contributed by atoms with E-state index in [9.17, 15) is 9.18 Å². The first kappa shape index (κ1) is 15.2. The molecule has 1 aliphatic heterocycles. The molecule has 22 heavy (non-hydrogen) atoms. The fraction of sp³-hybridized carbons (Fsp3) is 0.353. The monoisotopic (exact) mass is 318 g/mol.